The zero-order valence-corrected chi connectivity index (χ0v) is 15.4. The van der Waals surface area contributed by atoms with Gasteiger partial charge in [0.25, 0.3) is 0 Å². The molecular weight excluding hydrogens is 268 g/mol. The fourth-order valence-corrected chi connectivity index (χ4v) is 3.97. The van der Waals surface area contributed by atoms with Gasteiger partial charge in [-0.15, -0.1) is 0 Å². The summed E-state index contributed by atoms with van der Waals surface area (Å²) in [6, 6.07) is 0. The number of unbranched alkanes of at least 4 members (excludes halogenated alkanes) is 9. The van der Waals surface area contributed by atoms with Crippen molar-refractivity contribution in [2.45, 2.75) is 97.3 Å². The van der Waals surface area contributed by atoms with Crippen LogP contribution in [0.15, 0.2) is 0 Å². The summed E-state index contributed by atoms with van der Waals surface area (Å²) >= 11 is 0. The van der Waals surface area contributed by atoms with Gasteiger partial charge in [0, 0.05) is 12.8 Å². The van der Waals surface area contributed by atoms with Crippen molar-refractivity contribution >= 4 is 0 Å². The van der Waals surface area contributed by atoms with E-state index in [4.69, 9.17) is 11.8 Å². The predicted octanol–water partition coefficient (Wildman–Crippen LogP) is 6.02. The molecule has 1 aliphatic heterocycles. The van der Waals surface area contributed by atoms with E-state index in [2.05, 4.69) is 13.8 Å². The van der Waals surface area contributed by atoms with Crippen molar-refractivity contribution < 1.29 is 4.48 Å². The van der Waals surface area contributed by atoms with E-state index in [1.807, 2.05) is 0 Å². The Hall–Kier alpha value is -0.550. The molecule has 0 atom stereocenters. The molecule has 0 spiro atoms. The standard InChI is InChI=1S/C19H40N.CN/c1-3-5-6-7-8-9-10-11-12-13-17-20(16-4-2)18-14-15-19-20;1-2/h3-19H2,1-2H3;/q+1;-1. The van der Waals surface area contributed by atoms with Gasteiger partial charge in [-0.25, -0.2) is 0 Å². The summed E-state index contributed by atoms with van der Waals surface area (Å²) in [6.07, 6.45) is 19.0. The number of hydrogen-bond acceptors (Lipinski definition) is 1. The molecule has 1 saturated heterocycles. The Morgan fingerprint density at radius 1 is 0.636 bits per heavy atom. The molecule has 0 amide bonds. The molecule has 2 nitrogen and oxygen atoms in total. The van der Waals surface area contributed by atoms with Crippen LogP contribution in [0.5, 0.6) is 0 Å². The molecule has 0 bridgehead atoms. The number of likely N-dealkylation sites (tertiary alicyclic amines) is 1. The first-order valence-electron chi connectivity index (χ1n) is 9.90. The van der Waals surface area contributed by atoms with Crippen molar-refractivity contribution in [2.75, 3.05) is 26.2 Å². The first-order valence-corrected chi connectivity index (χ1v) is 9.90. The van der Waals surface area contributed by atoms with Crippen LogP contribution in [-0.4, -0.2) is 30.7 Å². The second-order valence-electron chi connectivity index (χ2n) is 7.13. The largest absolute Gasteiger partial charge is 0.512 e. The maximum absolute atomic E-state index is 6.25. The van der Waals surface area contributed by atoms with Crippen LogP contribution < -0.4 is 0 Å². The van der Waals surface area contributed by atoms with Gasteiger partial charge < -0.3 is 16.3 Å². The minimum absolute atomic E-state index is 1.37. The summed E-state index contributed by atoms with van der Waals surface area (Å²) in [6.45, 7) is 15.3. The minimum atomic E-state index is 1.37. The zero-order valence-electron chi connectivity index (χ0n) is 15.4. The van der Waals surface area contributed by atoms with Gasteiger partial charge in [-0.3, -0.25) is 0 Å². The van der Waals surface area contributed by atoms with Crippen LogP contribution in [0.4, 0.5) is 0 Å². The molecule has 22 heavy (non-hydrogen) atoms. The molecule has 2 heteroatoms. The van der Waals surface area contributed by atoms with Crippen LogP contribution in [0.3, 0.4) is 0 Å². The summed E-state index contributed by atoms with van der Waals surface area (Å²) in [5, 5.41) is 6.25. The fourth-order valence-electron chi connectivity index (χ4n) is 3.97. The molecule has 1 fully saturated rings. The monoisotopic (exact) mass is 308 g/mol. The van der Waals surface area contributed by atoms with E-state index in [0.29, 0.717) is 0 Å². The van der Waals surface area contributed by atoms with Crippen LogP contribution >= 0.6 is 0 Å². The van der Waals surface area contributed by atoms with Crippen molar-refractivity contribution in [1.82, 2.24) is 0 Å². The van der Waals surface area contributed by atoms with Crippen LogP contribution in [0, 0.1) is 11.8 Å². The minimum Gasteiger partial charge on any atom is -0.512 e. The fraction of sp³-hybridized carbons (Fsp3) is 0.950. The molecule has 0 N–H and O–H groups in total. The molecule has 0 aliphatic carbocycles. The molecule has 0 aromatic heterocycles. The van der Waals surface area contributed by atoms with Gasteiger partial charge in [-0.05, 0) is 19.3 Å². The van der Waals surface area contributed by atoms with Gasteiger partial charge in [-0.2, -0.15) is 0 Å². The van der Waals surface area contributed by atoms with Crippen LogP contribution in [0.25, 0.3) is 0 Å². The van der Waals surface area contributed by atoms with E-state index in [1.54, 1.807) is 0 Å². The van der Waals surface area contributed by atoms with Gasteiger partial charge in [0.05, 0.1) is 26.2 Å². The Kier molecular flexibility index (Phi) is 15.0. The first kappa shape index (κ1) is 21.4. The average Bonchev–Trinajstić information content (AvgIpc) is 3.00. The van der Waals surface area contributed by atoms with Crippen molar-refractivity contribution in [2.24, 2.45) is 0 Å². The molecule has 1 rings (SSSR count). The van der Waals surface area contributed by atoms with Gasteiger partial charge in [0.1, 0.15) is 0 Å². The highest BCUT2D eigenvalue weighted by molar-refractivity contribution is 4.56. The van der Waals surface area contributed by atoms with E-state index < -0.39 is 0 Å². The predicted molar refractivity (Wildman–Crippen MR) is 96.1 cm³/mol. The number of hydrogen-bond donors (Lipinski definition) is 0. The Bertz CT molecular complexity index is 241. The Labute approximate surface area is 140 Å². The highest BCUT2D eigenvalue weighted by Crippen LogP contribution is 2.21. The van der Waals surface area contributed by atoms with E-state index in [0.717, 1.165) is 0 Å². The van der Waals surface area contributed by atoms with E-state index in [9.17, 15) is 0 Å². The molecule has 0 saturated carbocycles. The molecule has 0 unspecified atom stereocenters. The highest BCUT2D eigenvalue weighted by Gasteiger charge is 2.29. The smallest absolute Gasteiger partial charge is 0.0788 e. The first-order chi connectivity index (χ1) is 10.8. The third-order valence-corrected chi connectivity index (χ3v) is 5.20. The summed E-state index contributed by atoms with van der Waals surface area (Å²) in [4.78, 5) is 0. The number of nitrogens with zero attached hydrogens (tertiary/aromatic N) is 2. The highest BCUT2D eigenvalue weighted by atomic mass is 15.4. The molecular formula is C20H40N2. The van der Waals surface area contributed by atoms with Gasteiger partial charge in [0.2, 0.25) is 0 Å². The average molecular weight is 309 g/mol. The van der Waals surface area contributed by atoms with Crippen LogP contribution in [0.2, 0.25) is 0 Å². The van der Waals surface area contributed by atoms with Crippen molar-refractivity contribution in [3.8, 4) is 0 Å². The third kappa shape index (κ3) is 10.2. The lowest BCUT2D eigenvalue weighted by Gasteiger charge is -2.34. The van der Waals surface area contributed by atoms with Crippen molar-refractivity contribution in [3.05, 3.63) is 6.57 Å². The second kappa shape index (κ2) is 15.3. The lowest BCUT2D eigenvalue weighted by Crippen LogP contribution is -2.46. The molecule has 1 heterocycles. The normalized spacial score (nSPS) is 16.2. The van der Waals surface area contributed by atoms with E-state index in [1.165, 1.54) is 114 Å². The summed E-state index contributed by atoms with van der Waals surface area (Å²) in [7, 11) is 0. The van der Waals surface area contributed by atoms with E-state index in [-0.39, 0.29) is 0 Å². The lowest BCUT2D eigenvalue weighted by atomic mass is 10.1. The lowest BCUT2D eigenvalue weighted by molar-refractivity contribution is -0.917. The molecule has 0 aromatic rings. The Balaban J connectivity index is 0.00000211. The Morgan fingerprint density at radius 2 is 1.09 bits per heavy atom. The van der Waals surface area contributed by atoms with E-state index >= 15 is 0 Å². The maximum atomic E-state index is 6.25. The maximum Gasteiger partial charge on any atom is 0.0788 e. The SMILES string of the molecule is CCCCCCCCCCCC[N+]1(CCC)CCCC1.[C-]#N. The third-order valence-electron chi connectivity index (χ3n) is 5.20. The van der Waals surface area contributed by atoms with Crippen LogP contribution in [-0.2, 0) is 0 Å². The molecule has 130 valence electrons. The molecule has 1 aliphatic rings. The molecule has 0 aromatic carbocycles. The summed E-state index contributed by atoms with van der Waals surface area (Å²) in [5.74, 6) is 0. The summed E-state index contributed by atoms with van der Waals surface area (Å²) < 4.78 is 1.47. The number of quaternary nitrogens is 1. The van der Waals surface area contributed by atoms with Gasteiger partial charge in [0.15, 0.2) is 0 Å². The molecule has 0 radical (unpaired) electrons. The van der Waals surface area contributed by atoms with Crippen molar-refractivity contribution in [1.29, 1.82) is 5.26 Å². The summed E-state index contributed by atoms with van der Waals surface area (Å²) in [5.41, 5.74) is 0. The second-order valence-corrected chi connectivity index (χ2v) is 7.13. The van der Waals surface area contributed by atoms with Crippen molar-refractivity contribution in [3.63, 3.8) is 0 Å². The Morgan fingerprint density at radius 3 is 1.55 bits per heavy atom. The van der Waals surface area contributed by atoms with Gasteiger partial charge >= 0.3 is 0 Å². The number of rotatable bonds is 13. The quantitative estimate of drug-likeness (QED) is 0.232. The van der Waals surface area contributed by atoms with Crippen LogP contribution in [0.1, 0.15) is 97.3 Å². The van der Waals surface area contributed by atoms with Gasteiger partial charge in [-0.1, -0.05) is 65.2 Å². The topological polar surface area (TPSA) is 23.8 Å². The zero-order chi connectivity index (χ0) is 16.5.